The average Bonchev–Trinajstić information content (AvgIpc) is 3.35. The summed E-state index contributed by atoms with van der Waals surface area (Å²) < 4.78 is 14.6. The van der Waals surface area contributed by atoms with E-state index in [4.69, 9.17) is 0 Å². The molecule has 1 aromatic heterocycles. The van der Waals surface area contributed by atoms with E-state index in [-0.39, 0.29) is 10.6 Å². The van der Waals surface area contributed by atoms with Crippen molar-refractivity contribution in [3.8, 4) is 5.69 Å². The fourth-order valence-corrected chi connectivity index (χ4v) is 3.97. The molecular weight excluding hydrogens is 451 g/mol. The van der Waals surface area contributed by atoms with E-state index in [1.807, 2.05) is 0 Å². The lowest BCUT2D eigenvalue weighted by molar-refractivity contribution is -0.384. The van der Waals surface area contributed by atoms with E-state index in [0.29, 0.717) is 28.8 Å². The third-order valence-corrected chi connectivity index (χ3v) is 5.59. The second-order valence-corrected chi connectivity index (χ2v) is 7.90. The van der Waals surface area contributed by atoms with Gasteiger partial charge in [0.1, 0.15) is 12.4 Å². The van der Waals surface area contributed by atoms with Crippen LogP contribution in [-0.2, 0) is 9.59 Å². The molecule has 1 saturated heterocycles. The fraction of sp³-hybridized carbons (Fsp3) is 0.0455. The average molecular weight is 466 g/mol. The fourth-order valence-electron chi connectivity index (χ4n) is 3.15. The number of thioether (sulfide) groups is 1. The number of nitro groups is 1. The number of halogens is 1. The number of hydrogen-bond acceptors (Lipinski definition) is 6. The quantitative estimate of drug-likeness (QED) is 0.331. The molecule has 1 N–H and O–H groups in total. The standard InChI is InChI=1S/C22H15FN4O5S/c23-14-6-8-15(9-7-14)24-20(28)13-26-21(29)19(33-22(26)30)12-17-5-2-10-25(17)16-3-1-4-18(11-16)27(31)32/h1-12H,13H2,(H,24,28)/b19-12-. The summed E-state index contributed by atoms with van der Waals surface area (Å²) >= 11 is 0.690. The minimum absolute atomic E-state index is 0.0837. The molecule has 0 atom stereocenters. The van der Waals surface area contributed by atoms with Crippen molar-refractivity contribution in [3.63, 3.8) is 0 Å². The van der Waals surface area contributed by atoms with Gasteiger partial charge in [0, 0.05) is 29.7 Å². The van der Waals surface area contributed by atoms with Crippen LogP contribution in [-0.4, -0.2) is 38.0 Å². The number of aromatic nitrogens is 1. The Balaban J connectivity index is 1.51. The zero-order valence-electron chi connectivity index (χ0n) is 16.8. The van der Waals surface area contributed by atoms with E-state index < -0.39 is 34.3 Å². The first-order valence-corrected chi connectivity index (χ1v) is 10.4. The van der Waals surface area contributed by atoms with Crippen molar-refractivity contribution >= 4 is 46.3 Å². The summed E-state index contributed by atoms with van der Waals surface area (Å²) in [5, 5.41) is 13.0. The first-order chi connectivity index (χ1) is 15.8. The molecule has 166 valence electrons. The van der Waals surface area contributed by atoms with E-state index in [1.165, 1.54) is 42.5 Å². The van der Waals surface area contributed by atoms with Gasteiger partial charge < -0.3 is 9.88 Å². The van der Waals surface area contributed by atoms with Crippen LogP contribution in [0.25, 0.3) is 11.8 Å². The van der Waals surface area contributed by atoms with E-state index in [1.54, 1.807) is 35.0 Å². The number of benzene rings is 2. The number of carbonyl (C=O) groups excluding carboxylic acids is 3. The number of anilines is 1. The van der Waals surface area contributed by atoms with Gasteiger partial charge in [0.25, 0.3) is 16.8 Å². The summed E-state index contributed by atoms with van der Waals surface area (Å²) in [5.41, 5.74) is 1.29. The summed E-state index contributed by atoms with van der Waals surface area (Å²) in [6, 6.07) is 14.5. The van der Waals surface area contributed by atoms with Crippen LogP contribution in [0.15, 0.2) is 71.8 Å². The second kappa shape index (κ2) is 9.09. The molecule has 33 heavy (non-hydrogen) atoms. The third kappa shape index (κ3) is 4.83. The monoisotopic (exact) mass is 466 g/mol. The Morgan fingerprint density at radius 3 is 2.61 bits per heavy atom. The Kier molecular flexibility index (Phi) is 6.05. The Hall–Kier alpha value is -4.25. The van der Waals surface area contributed by atoms with Crippen LogP contribution in [0.2, 0.25) is 0 Å². The normalized spacial score (nSPS) is 14.7. The predicted molar refractivity (Wildman–Crippen MR) is 120 cm³/mol. The summed E-state index contributed by atoms with van der Waals surface area (Å²) in [7, 11) is 0. The molecule has 3 aromatic rings. The van der Waals surface area contributed by atoms with Gasteiger partial charge in [0.15, 0.2) is 0 Å². The number of nitrogens with one attached hydrogen (secondary N) is 1. The smallest absolute Gasteiger partial charge is 0.294 e. The lowest BCUT2D eigenvalue weighted by Gasteiger charge is -2.12. The van der Waals surface area contributed by atoms with Crippen LogP contribution >= 0.6 is 11.8 Å². The maximum absolute atomic E-state index is 13.0. The summed E-state index contributed by atoms with van der Waals surface area (Å²) in [4.78, 5) is 48.8. The molecule has 3 amide bonds. The van der Waals surface area contributed by atoms with Gasteiger partial charge in [-0.05, 0) is 60.3 Å². The summed E-state index contributed by atoms with van der Waals surface area (Å²) in [5.74, 6) is -1.70. The highest BCUT2D eigenvalue weighted by Crippen LogP contribution is 2.32. The van der Waals surface area contributed by atoms with Gasteiger partial charge in [-0.1, -0.05) is 6.07 Å². The zero-order chi connectivity index (χ0) is 23.5. The van der Waals surface area contributed by atoms with Crippen LogP contribution in [0, 0.1) is 15.9 Å². The van der Waals surface area contributed by atoms with Crippen LogP contribution in [0.5, 0.6) is 0 Å². The molecule has 2 aromatic carbocycles. The van der Waals surface area contributed by atoms with Crippen molar-refractivity contribution in [1.29, 1.82) is 0 Å². The molecule has 0 saturated carbocycles. The van der Waals surface area contributed by atoms with E-state index in [0.717, 1.165) is 4.90 Å². The van der Waals surface area contributed by atoms with Crippen molar-refractivity contribution < 1.29 is 23.7 Å². The lowest BCUT2D eigenvalue weighted by atomic mass is 10.2. The Morgan fingerprint density at radius 2 is 1.88 bits per heavy atom. The minimum Gasteiger partial charge on any atom is -0.325 e. The Labute approximate surface area is 190 Å². The second-order valence-electron chi connectivity index (χ2n) is 6.90. The van der Waals surface area contributed by atoms with Crippen molar-refractivity contribution in [1.82, 2.24) is 9.47 Å². The van der Waals surface area contributed by atoms with Gasteiger partial charge in [0.2, 0.25) is 5.91 Å². The Bertz CT molecular complexity index is 1300. The van der Waals surface area contributed by atoms with E-state index in [2.05, 4.69) is 5.32 Å². The number of rotatable bonds is 6. The van der Waals surface area contributed by atoms with Crippen molar-refractivity contribution in [2.24, 2.45) is 0 Å². The molecule has 0 radical (unpaired) electrons. The molecule has 0 bridgehead atoms. The van der Waals surface area contributed by atoms with Gasteiger partial charge in [-0.25, -0.2) is 4.39 Å². The van der Waals surface area contributed by atoms with Crippen LogP contribution in [0.1, 0.15) is 5.69 Å². The molecule has 0 aliphatic carbocycles. The molecule has 0 unspecified atom stereocenters. The highest BCUT2D eigenvalue weighted by atomic mass is 32.2. The van der Waals surface area contributed by atoms with Gasteiger partial charge >= 0.3 is 0 Å². The molecular formula is C22H15FN4O5S. The number of carbonyl (C=O) groups is 3. The molecule has 1 aliphatic rings. The third-order valence-electron chi connectivity index (χ3n) is 4.68. The lowest BCUT2D eigenvalue weighted by Crippen LogP contribution is -2.36. The van der Waals surface area contributed by atoms with Crippen LogP contribution in [0.3, 0.4) is 0 Å². The number of amides is 3. The Morgan fingerprint density at radius 1 is 1.12 bits per heavy atom. The zero-order valence-corrected chi connectivity index (χ0v) is 17.6. The molecule has 1 aliphatic heterocycles. The highest BCUT2D eigenvalue weighted by molar-refractivity contribution is 8.18. The number of hydrogen-bond donors (Lipinski definition) is 1. The van der Waals surface area contributed by atoms with Gasteiger partial charge in [-0.3, -0.25) is 29.4 Å². The number of imide groups is 1. The molecule has 11 heteroatoms. The van der Waals surface area contributed by atoms with Crippen molar-refractivity contribution in [2.75, 3.05) is 11.9 Å². The minimum atomic E-state index is -0.633. The van der Waals surface area contributed by atoms with Gasteiger partial charge in [-0.15, -0.1) is 0 Å². The van der Waals surface area contributed by atoms with Gasteiger partial charge in [-0.2, -0.15) is 0 Å². The summed E-state index contributed by atoms with van der Waals surface area (Å²) in [6.07, 6.45) is 3.16. The first-order valence-electron chi connectivity index (χ1n) is 9.55. The molecule has 4 rings (SSSR count). The van der Waals surface area contributed by atoms with E-state index >= 15 is 0 Å². The topological polar surface area (TPSA) is 115 Å². The largest absolute Gasteiger partial charge is 0.325 e. The number of nitrogens with zero attached hydrogens (tertiary/aromatic N) is 3. The van der Waals surface area contributed by atoms with Crippen LogP contribution < -0.4 is 5.32 Å². The SMILES string of the molecule is O=C(CN1C(=O)S/C(=C\c2cccn2-c2cccc([N+](=O)[O-])c2)C1=O)Nc1ccc(F)cc1. The van der Waals surface area contributed by atoms with Crippen molar-refractivity contribution in [2.45, 2.75) is 0 Å². The molecule has 0 spiro atoms. The predicted octanol–water partition coefficient (Wildman–Crippen LogP) is 4.20. The van der Waals surface area contributed by atoms with Crippen molar-refractivity contribution in [3.05, 3.63) is 93.4 Å². The van der Waals surface area contributed by atoms with Crippen LogP contribution in [0.4, 0.5) is 20.6 Å². The van der Waals surface area contributed by atoms with E-state index in [9.17, 15) is 28.9 Å². The maximum atomic E-state index is 13.0. The van der Waals surface area contributed by atoms with Gasteiger partial charge in [0.05, 0.1) is 15.5 Å². The molecule has 9 nitrogen and oxygen atoms in total. The highest BCUT2D eigenvalue weighted by Gasteiger charge is 2.36. The maximum Gasteiger partial charge on any atom is 0.294 e. The number of non-ortho nitro benzene ring substituents is 1. The molecule has 2 heterocycles. The molecule has 1 fully saturated rings. The number of nitro benzene ring substituents is 1. The summed E-state index contributed by atoms with van der Waals surface area (Å²) in [6.45, 7) is -0.495. The first kappa shape index (κ1) is 22.0.